The molecule has 7 N–H and O–H groups in total. The Balaban J connectivity index is 0.000000140. The highest BCUT2D eigenvalue weighted by molar-refractivity contribution is 5.98. The SMILES string of the molecule is CCC(=O)N1c2cc(/C=C/CN)ccc2C(Nc2ccc(C(C)C)cc2)CC1C.CCC(=O)N1c2cc(C3=CCNCC3)ccc2C(Nc2ccc(C(C)C)cc2)CC1C.CCC(=O)N1c2ccccc2C(NCC23CC(C(C)C)(C2)C3)CC1C.CCC(=O)N1c2ccccc2C(NCC23CCC(C(C)C)(CC2)CC3)CC1C. The quantitative estimate of drug-likeness (QED) is 0.0408. The van der Waals surface area contributed by atoms with E-state index in [0.29, 0.717) is 77.8 Å². The highest BCUT2D eigenvalue weighted by Gasteiger charge is 2.68. The fraction of sp³-hybridized carbons (Fsp3) is 0.556. The van der Waals surface area contributed by atoms with E-state index in [4.69, 9.17) is 5.73 Å². The van der Waals surface area contributed by atoms with E-state index in [1.165, 1.54) is 102 Å². The van der Waals surface area contributed by atoms with Crippen LogP contribution in [-0.4, -0.2) is 80.5 Å². The van der Waals surface area contributed by atoms with E-state index in [0.717, 1.165) is 110 Å². The van der Waals surface area contributed by atoms with E-state index in [-0.39, 0.29) is 59.9 Å². The van der Waals surface area contributed by atoms with Gasteiger partial charge in [-0.1, -0.05) is 186 Å². The average Bonchev–Trinajstić information content (AvgIpc) is 0.677. The minimum absolute atomic E-state index is 0.135. The zero-order chi connectivity index (χ0) is 80.7. The van der Waals surface area contributed by atoms with Gasteiger partial charge >= 0.3 is 0 Å². The Morgan fingerprint density at radius 1 is 0.469 bits per heavy atom. The van der Waals surface area contributed by atoms with Crippen molar-refractivity contribution in [2.75, 3.05) is 63.0 Å². The minimum atomic E-state index is 0.135. The largest absolute Gasteiger partial charge is 0.378 e. The summed E-state index contributed by atoms with van der Waals surface area (Å²) >= 11 is 0. The molecule has 6 aliphatic carbocycles. The van der Waals surface area contributed by atoms with Crippen LogP contribution in [0.2, 0.25) is 0 Å². The maximum absolute atomic E-state index is 12.9. The number of rotatable bonds is 21. The summed E-state index contributed by atoms with van der Waals surface area (Å²) in [7, 11) is 0. The second-order valence-corrected chi connectivity index (χ2v) is 36.7. The summed E-state index contributed by atoms with van der Waals surface area (Å²) in [6.45, 7) is 39.7. The van der Waals surface area contributed by atoms with E-state index < -0.39 is 0 Å². The Morgan fingerprint density at radius 2 is 0.867 bits per heavy atom. The van der Waals surface area contributed by atoms with Crippen LogP contribution in [-0.2, 0) is 19.2 Å². The van der Waals surface area contributed by atoms with Crippen molar-refractivity contribution in [3.8, 4) is 0 Å². The smallest absolute Gasteiger partial charge is 0.226 e. The number of nitrogens with two attached hydrogens (primary N) is 1. The molecule has 608 valence electrons. The standard InChI is InChI=1S/C27H35N3O.C25H33N3O.C25H38N2O.C22H32N2O/c1-5-27(31)30-19(4)16-25(29-23-9-6-20(7-10-23)18(2)3)24-11-8-22(17-26(24)30)21-12-14-28-15-13-21;1-5-25(29)28-18(4)15-23(27-21-11-9-20(10-12-21)17(2)3)22-13-8-19(7-6-14-26)16-24(22)28;1-5-23(28)27-19(4)16-21(20-8-6-7-9-22(20)27)26-17-24-10-13-25(14-11-24,15-12-24)18(2)3;1-5-20(25)24-16(4)10-18(17-8-6-7-9-19(17)24)23-14-21-11-22(12-21,13-21)15(2)3/h6-12,17-19,25,28-29H,5,13-16H2,1-4H3;6-13,16-18,23,27H,5,14-15,26H2,1-4H3;6-9,18-19,21,26H,5,10-17H2,1-4H3;6-9,15-16,18,23H,5,10-14H2,1-4H3/b;7-6+;;. The molecular formula is C99H138N10O4. The zero-order valence-corrected chi connectivity index (χ0v) is 71.6. The summed E-state index contributed by atoms with van der Waals surface area (Å²) in [5.41, 5.74) is 25.9. The molecule has 17 rings (SSSR count). The molecule has 113 heavy (non-hydrogen) atoms. The third kappa shape index (κ3) is 18.4. The zero-order valence-electron chi connectivity index (χ0n) is 71.6. The van der Waals surface area contributed by atoms with E-state index in [1.807, 2.05) is 59.4 Å². The Labute approximate surface area is 679 Å². The molecule has 14 nitrogen and oxygen atoms in total. The summed E-state index contributed by atoms with van der Waals surface area (Å²) in [4.78, 5) is 58.6. The number of benzene rings is 6. The van der Waals surface area contributed by atoms with Crippen molar-refractivity contribution in [1.29, 1.82) is 0 Å². The average molecular weight is 1530 g/mol. The van der Waals surface area contributed by atoms with Crippen molar-refractivity contribution in [2.24, 2.45) is 39.2 Å². The van der Waals surface area contributed by atoms with Crippen molar-refractivity contribution >= 4 is 69.4 Å². The van der Waals surface area contributed by atoms with Gasteiger partial charge in [0.25, 0.3) is 0 Å². The van der Waals surface area contributed by atoms with Crippen molar-refractivity contribution in [2.45, 2.75) is 287 Å². The van der Waals surface area contributed by atoms with Gasteiger partial charge in [-0.25, -0.2) is 0 Å². The number of hydrogen-bond donors (Lipinski definition) is 6. The van der Waals surface area contributed by atoms with Gasteiger partial charge in [0.1, 0.15) is 0 Å². The third-order valence-corrected chi connectivity index (χ3v) is 28.1. The Bertz CT molecular complexity index is 4280. The molecule has 6 saturated carbocycles. The van der Waals surface area contributed by atoms with E-state index in [9.17, 15) is 19.2 Å². The predicted molar refractivity (Wildman–Crippen MR) is 473 cm³/mol. The first kappa shape index (κ1) is 84.5. The molecule has 0 saturated heterocycles. The van der Waals surface area contributed by atoms with Gasteiger partial charge in [-0.05, 0) is 268 Å². The lowest BCUT2D eigenvalue weighted by atomic mass is 9.32. The molecule has 5 heterocycles. The van der Waals surface area contributed by atoms with Gasteiger partial charge in [-0.3, -0.25) is 19.2 Å². The fourth-order valence-corrected chi connectivity index (χ4v) is 20.9. The van der Waals surface area contributed by atoms with Gasteiger partial charge in [0.2, 0.25) is 23.6 Å². The van der Waals surface area contributed by atoms with Gasteiger partial charge in [0.15, 0.2) is 0 Å². The molecule has 6 fully saturated rings. The van der Waals surface area contributed by atoms with Crippen LogP contribution in [0.25, 0.3) is 11.6 Å². The number of fused-ring (bicyclic) bond motifs is 7. The van der Waals surface area contributed by atoms with Crippen LogP contribution in [0.15, 0.2) is 146 Å². The first-order valence-electron chi connectivity index (χ1n) is 43.9. The van der Waals surface area contributed by atoms with Gasteiger partial charge in [0.05, 0.1) is 12.1 Å². The van der Waals surface area contributed by atoms with Crippen LogP contribution in [0.1, 0.15) is 307 Å². The molecule has 0 spiro atoms. The summed E-state index contributed by atoms with van der Waals surface area (Å²) in [6.07, 6.45) is 25.9. The molecular weight excluding hydrogens is 1390 g/mol. The molecule has 4 bridgehead atoms. The maximum atomic E-state index is 12.9. The van der Waals surface area contributed by atoms with E-state index in [1.54, 1.807) is 0 Å². The molecule has 0 aromatic heterocycles. The molecule has 6 aromatic carbocycles. The summed E-state index contributed by atoms with van der Waals surface area (Å²) < 4.78 is 0. The molecule has 4 amide bonds. The molecule has 0 radical (unpaired) electrons. The van der Waals surface area contributed by atoms with Gasteiger partial charge in [-0.2, -0.15) is 0 Å². The van der Waals surface area contributed by atoms with Crippen molar-refractivity contribution in [3.63, 3.8) is 0 Å². The topological polar surface area (TPSA) is 167 Å². The molecule has 11 aliphatic rings. The van der Waals surface area contributed by atoms with Crippen LogP contribution in [0.5, 0.6) is 0 Å². The number of hydrogen-bond acceptors (Lipinski definition) is 10. The molecule has 6 aromatic rings. The van der Waals surface area contributed by atoms with E-state index >= 15 is 0 Å². The number of para-hydroxylation sites is 2. The summed E-state index contributed by atoms with van der Waals surface area (Å²) in [5, 5.41) is 18.7. The lowest BCUT2D eigenvalue weighted by molar-refractivity contribution is -0.226. The third-order valence-electron chi connectivity index (χ3n) is 28.1. The number of carbonyl (C=O) groups is 4. The van der Waals surface area contributed by atoms with Gasteiger partial charge in [0, 0.05) is 122 Å². The number of nitrogens with zero attached hydrogens (tertiary/aromatic N) is 4. The predicted octanol–water partition coefficient (Wildman–Crippen LogP) is 21.9. The first-order valence-corrected chi connectivity index (χ1v) is 43.9. The Kier molecular flexibility index (Phi) is 27.3. The Morgan fingerprint density at radius 3 is 1.27 bits per heavy atom. The van der Waals surface area contributed by atoms with Crippen molar-refractivity contribution < 1.29 is 19.2 Å². The van der Waals surface area contributed by atoms with Gasteiger partial charge < -0.3 is 51.9 Å². The summed E-state index contributed by atoms with van der Waals surface area (Å²) in [6, 6.07) is 49.4. The lowest BCUT2D eigenvalue weighted by Gasteiger charge is -2.73. The molecule has 5 aliphatic heterocycles. The first-order chi connectivity index (χ1) is 54.2. The minimum Gasteiger partial charge on any atom is -0.378 e. The van der Waals surface area contributed by atoms with Crippen LogP contribution in [0.4, 0.5) is 34.1 Å². The Hall–Kier alpha value is -7.88. The van der Waals surface area contributed by atoms with Crippen LogP contribution >= 0.6 is 0 Å². The highest BCUT2D eigenvalue weighted by Crippen LogP contribution is 2.76. The highest BCUT2D eigenvalue weighted by atomic mass is 16.2. The van der Waals surface area contributed by atoms with Gasteiger partial charge in [-0.15, -0.1) is 0 Å². The molecule has 14 heteroatoms. The number of nitrogens with one attached hydrogen (secondary N) is 5. The monoisotopic (exact) mass is 1530 g/mol. The molecule has 8 atom stereocenters. The maximum Gasteiger partial charge on any atom is 0.226 e. The summed E-state index contributed by atoms with van der Waals surface area (Å²) in [5.74, 6) is 3.54. The number of amides is 4. The van der Waals surface area contributed by atoms with Crippen LogP contribution < -0.4 is 51.9 Å². The van der Waals surface area contributed by atoms with Crippen LogP contribution in [0, 0.1) is 33.5 Å². The molecule has 8 unspecified atom stereocenters. The normalized spacial score (nSPS) is 27.1. The lowest BCUT2D eigenvalue weighted by Crippen LogP contribution is -2.67. The second-order valence-electron chi connectivity index (χ2n) is 36.7. The van der Waals surface area contributed by atoms with Crippen molar-refractivity contribution in [3.05, 3.63) is 190 Å². The number of carbonyl (C=O) groups excluding carboxylic acids is 4. The fourth-order valence-electron chi connectivity index (χ4n) is 20.9. The van der Waals surface area contributed by atoms with E-state index in [2.05, 4.69) is 249 Å². The van der Waals surface area contributed by atoms with Crippen molar-refractivity contribution in [1.82, 2.24) is 16.0 Å². The second kappa shape index (κ2) is 36.5. The number of anilines is 6. The van der Waals surface area contributed by atoms with Crippen LogP contribution in [0.3, 0.4) is 0 Å².